The third kappa shape index (κ3) is 4.40. The highest BCUT2D eigenvalue weighted by Crippen LogP contribution is 2.40. The van der Waals surface area contributed by atoms with Gasteiger partial charge >= 0.3 is 0 Å². The van der Waals surface area contributed by atoms with Gasteiger partial charge in [0.15, 0.2) is 16.8 Å². The number of benzene rings is 2. The second kappa shape index (κ2) is 9.03. The second-order valence-electron chi connectivity index (χ2n) is 7.64. The number of hydrogen-bond acceptors (Lipinski definition) is 7. The average molecular weight is 433 g/mol. The number of aryl methyl sites for hydroxylation is 1. The Balaban J connectivity index is 1.54. The van der Waals surface area contributed by atoms with Gasteiger partial charge in [0.05, 0.1) is 6.54 Å². The van der Waals surface area contributed by atoms with Gasteiger partial charge in [-0.3, -0.25) is 9.47 Å². The van der Waals surface area contributed by atoms with E-state index in [4.69, 9.17) is 4.52 Å². The minimum atomic E-state index is -0.173. The summed E-state index contributed by atoms with van der Waals surface area (Å²) in [4.78, 5) is 6.95. The summed E-state index contributed by atoms with van der Waals surface area (Å²) in [5.74, 6) is 2.14. The van der Waals surface area contributed by atoms with Crippen molar-refractivity contribution in [1.29, 1.82) is 0 Å². The Bertz CT molecular complexity index is 1120. The molecule has 1 aliphatic rings. The van der Waals surface area contributed by atoms with Gasteiger partial charge in [0.2, 0.25) is 5.89 Å². The number of likely N-dealkylation sites (tertiary alicyclic amines) is 1. The SMILES string of the molecule is Cc1noc(C(Sc2nnc(CN3CCCC3)n2-c2ccccc2)c2ccccc2)n1. The van der Waals surface area contributed by atoms with Gasteiger partial charge in [0, 0.05) is 5.69 Å². The quantitative estimate of drug-likeness (QED) is 0.400. The van der Waals surface area contributed by atoms with Crippen LogP contribution in [0.2, 0.25) is 0 Å². The van der Waals surface area contributed by atoms with Crippen LogP contribution < -0.4 is 0 Å². The first-order chi connectivity index (χ1) is 15.3. The van der Waals surface area contributed by atoms with Crippen molar-refractivity contribution in [3.63, 3.8) is 0 Å². The van der Waals surface area contributed by atoms with E-state index in [9.17, 15) is 0 Å². The molecule has 0 saturated carbocycles. The lowest BCUT2D eigenvalue weighted by Crippen LogP contribution is -2.21. The molecule has 1 saturated heterocycles. The zero-order valence-corrected chi connectivity index (χ0v) is 18.2. The van der Waals surface area contributed by atoms with E-state index in [-0.39, 0.29) is 5.25 Å². The number of nitrogens with zero attached hydrogens (tertiary/aromatic N) is 6. The zero-order chi connectivity index (χ0) is 21.0. The van der Waals surface area contributed by atoms with Crippen molar-refractivity contribution in [2.24, 2.45) is 0 Å². The summed E-state index contributed by atoms with van der Waals surface area (Å²) in [7, 11) is 0. The molecule has 1 aliphatic heterocycles. The Morgan fingerprint density at radius 2 is 1.68 bits per heavy atom. The minimum Gasteiger partial charge on any atom is -0.338 e. The number of rotatable bonds is 7. The molecule has 31 heavy (non-hydrogen) atoms. The monoisotopic (exact) mass is 432 g/mol. The van der Waals surface area contributed by atoms with Crippen molar-refractivity contribution in [2.75, 3.05) is 13.1 Å². The fraction of sp³-hybridized carbons (Fsp3) is 0.304. The maximum Gasteiger partial charge on any atom is 0.244 e. The molecular formula is C23H24N6OS. The molecule has 8 heteroatoms. The highest BCUT2D eigenvalue weighted by atomic mass is 32.2. The van der Waals surface area contributed by atoms with Gasteiger partial charge in [-0.1, -0.05) is 65.4 Å². The first-order valence-electron chi connectivity index (χ1n) is 10.5. The lowest BCUT2D eigenvalue weighted by molar-refractivity contribution is 0.319. The van der Waals surface area contributed by atoms with Crippen molar-refractivity contribution < 1.29 is 4.52 Å². The van der Waals surface area contributed by atoms with Crippen LogP contribution in [0.5, 0.6) is 0 Å². The smallest absolute Gasteiger partial charge is 0.244 e. The third-order valence-electron chi connectivity index (χ3n) is 5.37. The van der Waals surface area contributed by atoms with E-state index >= 15 is 0 Å². The predicted molar refractivity (Wildman–Crippen MR) is 119 cm³/mol. The first-order valence-corrected chi connectivity index (χ1v) is 11.4. The van der Waals surface area contributed by atoms with Crippen molar-refractivity contribution in [3.8, 4) is 5.69 Å². The van der Waals surface area contributed by atoms with Crippen LogP contribution in [0.15, 0.2) is 70.3 Å². The number of thioether (sulfide) groups is 1. The molecule has 1 unspecified atom stereocenters. The fourth-order valence-corrected chi connectivity index (χ4v) is 4.97. The normalized spacial score (nSPS) is 15.4. The van der Waals surface area contributed by atoms with Crippen LogP contribution in [0, 0.1) is 6.92 Å². The predicted octanol–water partition coefficient (Wildman–Crippen LogP) is 4.44. The van der Waals surface area contributed by atoms with Gasteiger partial charge in [0.1, 0.15) is 5.25 Å². The van der Waals surface area contributed by atoms with Crippen molar-refractivity contribution >= 4 is 11.8 Å². The molecule has 0 bridgehead atoms. The van der Waals surface area contributed by atoms with Gasteiger partial charge < -0.3 is 4.52 Å². The van der Waals surface area contributed by atoms with Crippen LogP contribution in [0.25, 0.3) is 5.69 Å². The van der Waals surface area contributed by atoms with Crippen LogP contribution in [-0.4, -0.2) is 42.9 Å². The number of para-hydroxylation sites is 1. The third-order valence-corrected chi connectivity index (χ3v) is 6.56. The van der Waals surface area contributed by atoms with Gasteiger partial charge in [-0.15, -0.1) is 10.2 Å². The van der Waals surface area contributed by atoms with Crippen LogP contribution in [0.1, 0.15) is 41.2 Å². The molecule has 4 aromatic rings. The van der Waals surface area contributed by atoms with Crippen LogP contribution in [0.3, 0.4) is 0 Å². The molecule has 2 aromatic carbocycles. The lowest BCUT2D eigenvalue weighted by atomic mass is 10.1. The van der Waals surface area contributed by atoms with Crippen molar-refractivity contribution in [1.82, 2.24) is 29.8 Å². The van der Waals surface area contributed by atoms with Crippen molar-refractivity contribution in [3.05, 3.63) is 83.8 Å². The van der Waals surface area contributed by atoms with E-state index in [1.54, 1.807) is 11.8 Å². The Labute approximate surface area is 185 Å². The second-order valence-corrected chi connectivity index (χ2v) is 8.71. The Morgan fingerprint density at radius 1 is 0.968 bits per heavy atom. The Morgan fingerprint density at radius 3 is 2.35 bits per heavy atom. The summed E-state index contributed by atoms with van der Waals surface area (Å²) in [5, 5.41) is 13.8. The molecule has 7 nitrogen and oxygen atoms in total. The topological polar surface area (TPSA) is 72.9 Å². The maximum absolute atomic E-state index is 5.57. The summed E-state index contributed by atoms with van der Waals surface area (Å²) >= 11 is 1.58. The van der Waals surface area contributed by atoms with Gasteiger partial charge in [-0.25, -0.2) is 0 Å². The molecule has 158 valence electrons. The molecule has 1 fully saturated rings. The standard InChI is InChI=1S/C23H24N6OS/c1-17-24-22(30-27-17)21(18-10-4-2-5-11-18)31-23-26-25-20(16-28-14-8-9-15-28)29(23)19-12-6-3-7-13-19/h2-7,10-13,21H,8-9,14-16H2,1H3. The summed E-state index contributed by atoms with van der Waals surface area (Å²) in [5.41, 5.74) is 2.14. The highest BCUT2D eigenvalue weighted by molar-refractivity contribution is 7.99. The molecule has 2 aromatic heterocycles. The van der Waals surface area contributed by atoms with E-state index in [0.29, 0.717) is 11.7 Å². The molecule has 3 heterocycles. The Hall–Kier alpha value is -2.97. The zero-order valence-electron chi connectivity index (χ0n) is 17.4. The van der Waals surface area contributed by atoms with Gasteiger partial charge in [-0.2, -0.15) is 4.98 Å². The fourth-order valence-electron chi connectivity index (χ4n) is 3.87. The van der Waals surface area contributed by atoms with E-state index in [1.807, 2.05) is 43.3 Å². The highest BCUT2D eigenvalue weighted by Gasteiger charge is 2.27. The lowest BCUT2D eigenvalue weighted by Gasteiger charge is -2.17. The van der Waals surface area contributed by atoms with Crippen LogP contribution >= 0.6 is 11.8 Å². The minimum absolute atomic E-state index is 0.173. The molecule has 5 rings (SSSR count). The summed E-state index contributed by atoms with van der Waals surface area (Å²) in [6.07, 6.45) is 2.49. The first kappa shape index (κ1) is 20.0. The molecule has 0 aliphatic carbocycles. The van der Waals surface area contributed by atoms with Gasteiger partial charge in [0.25, 0.3) is 0 Å². The summed E-state index contributed by atoms with van der Waals surface area (Å²) < 4.78 is 7.72. The number of hydrogen-bond donors (Lipinski definition) is 0. The Kier molecular flexibility index (Phi) is 5.82. The van der Waals surface area contributed by atoms with Crippen LogP contribution in [0.4, 0.5) is 0 Å². The molecular weight excluding hydrogens is 408 g/mol. The molecule has 0 radical (unpaired) electrons. The molecule has 1 atom stereocenters. The van der Waals surface area contributed by atoms with E-state index in [1.165, 1.54) is 12.8 Å². The largest absolute Gasteiger partial charge is 0.338 e. The number of aromatic nitrogens is 5. The molecule has 0 N–H and O–H groups in total. The molecule has 0 spiro atoms. The molecule has 0 amide bonds. The average Bonchev–Trinajstić information content (AvgIpc) is 3.56. The van der Waals surface area contributed by atoms with E-state index in [2.05, 4.69) is 54.1 Å². The van der Waals surface area contributed by atoms with Crippen molar-refractivity contribution in [2.45, 2.75) is 36.7 Å². The van der Waals surface area contributed by atoms with E-state index < -0.39 is 0 Å². The maximum atomic E-state index is 5.57. The van der Waals surface area contributed by atoms with Crippen LogP contribution in [-0.2, 0) is 6.54 Å². The summed E-state index contributed by atoms with van der Waals surface area (Å²) in [6.45, 7) is 4.84. The summed E-state index contributed by atoms with van der Waals surface area (Å²) in [6, 6.07) is 20.5. The van der Waals surface area contributed by atoms with E-state index in [0.717, 1.165) is 41.9 Å². The van der Waals surface area contributed by atoms with Gasteiger partial charge in [-0.05, 0) is 50.6 Å².